The maximum atomic E-state index is 15.2. The average Bonchev–Trinajstić information content (AvgIpc) is 2.93. The summed E-state index contributed by atoms with van der Waals surface area (Å²) in [5.41, 5.74) is 0.472. The fraction of sp³-hybridized carbons (Fsp3) is 0.500. The van der Waals surface area contributed by atoms with Gasteiger partial charge < -0.3 is 0 Å². The molecule has 3 rings (SSSR count). The maximum absolute atomic E-state index is 15.2. The van der Waals surface area contributed by atoms with Crippen LogP contribution in [0.3, 0.4) is 0 Å². The Hall–Kier alpha value is -2.84. The van der Waals surface area contributed by atoms with E-state index in [1.54, 1.807) is 58.0 Å². The Labute approximate surface area is 225 Å². The van der Waals surface area contributed by atoms with Gasteiger partial charge in [-0.25, -0.2) is 9.38 Å². The summed E-state index contributed by atoms with van der Waals surface area (Å²) in [6.07, 6.45) is 0.792. The molecule has 9 heteroatoms. The van der Waals surface area contributed by atoms with E-state index >= 15 is 13.2 Å². The largest absolute Gasteiger partial charge is 0.384 e. The van der Waals surface area contributed by atoms with E-state index < -0.39 is 29.3 Å². The second kappa shape index (κ2) is 10.6. The van der Waals surface area contributed by atoms with Crippen LogP contribution in [0.5, 0.6) is 0 Å². The normalized spacial score (nSPS) is 18.4. The molecule has 1 aliphatic rings. The lowest BCUT2D eigenvalue weighted by Gasteiger charge is -2.32. The lowest BCUT2D eigenvalue weighted by Crippen LogP contribution is -2.50. The van der Waals surface area contributed by atoms with Crippen molar-refractivity contribution in [2.75, 3.05) is 4.90 Å². The van der Waals surface area contributed by atoms with E-state index in [0.29, 0.717) is 21.7 Å². The number of alkyl halides is 6. The van der Waals surface area contributed by atoms with Crippen LogP contribution in [-0.4, -0.2) is 24.1 Å². The lowest BCUT2D eigenvalue weighted by molar-refractivity contribution is -0.268. The summed E-state index contributed by atoms with van der Waals surface area (Å²) in [5.74, 6) is -20.9. The molecule has 1 aliphatic carbocycles. The number of allylic oxidation sites excluding steroid dienone is 2. The second-order valence-corrected chi connectivity index (χ2v) is 11.2. The average molecular weight is 557 g/mol. The third-order valence-corrected chi connectivity index (χ3v) is 7.04. The van der Waals surface area contributed by atoms with Crippen molar-refractivity contribution in [2.45, 2.75) is 96.8 Å². The van der Waals surface area contributed by atoms with Gasteiger partial charge >= 0.3 is 17.8 Å². The second-order valence-electron chi connectivity index (χ2n) is 11.2. The van der Waals surface area contributed by atoms with Crippen LogP contribution in [-0.2, 0) is 0 Å². The summed E-state index contributed by atoms with van der Waals surface area (Å²) in [6.45, 7) is 14.6. The molecule has 0 amide bonds. The number of nitrogens with zero attached hydrogens (tertiary/aromatic N) is 2. The Morgan fingerprint density at radius 2 is 1.03 bits per heavy atom. The molecule has 0 aromatic heterocycles. The van der Waals surface area contributed by atoms with Gasteiger partial charge in [-0.05, 0) is 45.9 Å². The topological polar surface area (TPSA) is 15.6 Å². The lowest BCUT2D eigenvalue weighted by atomic mass is 9.91. The predicted octanol–water partition coefficient (Wildman–Crippen LogP) is 10.4. The molecule has 39 heavy (non-hydrogen) atoms. The van der Waals surface area contributed by atoms with Crippen molar-refractivity contribution in [1.29, 1.82) is 0 Å². The van der Waals surface area contributed by atoms with Gasteiger partial charge in [0.1, 0.15) is 12.0 Å². The van der Waals surface area contributed by atoms with Crippen molar-refractivity contribution in [2.24, 2.45) is 4.99 Å². The fourth-order valence-electron chi connectivity index (χ4n) is 4.82. The first kappa shape index (κ1) is 30.7. The molecule has 0 aliphatic heterocycles. The third kappa shape index (κ3) is 4.97. The predicted molar refractivity (Wildman–Crippen MR) is 143 cm³/mol. The van der Waals surface area contributed by atoms with Crippen molar-refractivity contribution < 1.29 is 30.7 Å². The van der Waals surface area contributed by atoms with Crippen LogP contribution in [0.2, 0.25) is 0 Å². The van der Waals surface area contributed by atoms with Crippen molar-refractivity contribution in [1.82, 2.24) is 0 Å². The van der Waals surface area contributed by atoms with Gasteiger partial charge in [-0.1, -0.05) is 91.8 Å². The number of anilines is 1. The maximum Gasteiger partial charge on any atom is 0.384 e. The number of benzene rings is 2. The monoisotopic (exact) mass is 556 g/mol. The van der Waals surface area contributed by atoms with Crippen molar-refractivity contribution in [3.63, 3.8) is 0 Å². The molecular formula is C30H35F7N2. The van der Waals surface area contributed by atoms with E-state index in [9.17, 15) is 17.6 Å². The van der Waals surface area contributed by atoms with Gasteiger partial charge in [0, 0.05) is 0 Å². The van der Waals surface area contributed by atoms with Crippen LogP contribution in [0.15, 0.2) is 52.9 Å². The van der Waals surface area contributed by atoms with E-state index in [1.807, 2.05) is 33.8 Å². The van der Waals surface area contributed by atoms with Crippen LogP contribution < -0.4 is 4.90 Å². The first-order chi connectivity index (χ1) is 17.9. The Bertz CT molecular complexity index is 1220. The van der Waals surface area contributed by atoms with Crippen molar-refractivity contribution in [3.05, 3.63) is 70.2 Å². The van der Waals surface area contributed by atoms with Gasteiger partial charge in [-0.2, -0.15) is 26.3 Å². The van der Waals surface area contributed by atoms with Crippen LogP contribution in [0.25, 0.3) is 0 Å². The first-order valence-electron chi connectivity index (χ1n) is 13.0. The molecular weight excluding hydrogens is 521 g/mol. The molecule has 0 spiro atoms. The zero-order valence-corrected chi connectivity index (χ0v) is 23.4. The van der Waals surface area contributed by atoms with Gasteiger partial charge in [-0.15, -0.1) is 0 Å². The quantitative estimate of drug-likeness (QED) is 0.179. The van der Waals surface area contributed by atoms with Crippen LogP contribution in [0, 0.1) is 0 Å². The zero-order chi connectivity index (χ0) is 29.7. The highest BCUT2D eigenvalue weighted by Gasteiger charge is 2.82. The molecule has 0 saturated carbocycles. The van der Waals surface area contributed by atoms with Crippen LogP contribution in [0.1, 0.15) is 101 Å². The summed E-state index contributed by atoms with van der Waals surface area (Å²) < 4.78 is 103. The minimum Gasteiger partial charge on any atom is -0.296 e. The van der Waals surface area contributed by atoms with E-state index in [2.05, 4.69) is 4.99 Å². The molecule has 2 aromatic rings. The van der Waals surface area contributed by atoms with E-state index in [1.165, 1.54) is 0 Å². The highest BCUT2D eigenvalue weighted by atomic mass is 19.3. The van der Waals surface area contributed by atoms with Gasteiger partial charge in [-0.3, -0.25) is 4.90 Å². The molecule has 0 atom stereocenters. The molecule has 0 fully saturated rings. The summed E-state index contributed by atoms with van der Waals surface area (Å²) in [4.78, 5) is 4.87. The molecule has 2 aromatic carbocycles. The standard InChI is InChI=1S/C30H35F7N2/c1-16(2)20-11-9-12-21(17(3)4)24(20)38-15-39(25-22(18(5)6)13-10-14-23(25)19(7)8)27-26(31)28(32,33)30(36,37)29(27,34)35/h9-19H,1-8H3. The molecule has 2 nitrogen and oxygen atoms in total. The van der Waals surface area contributed by atoms with Gasteiger partial charge in [0.25, 0.3) is 0 Å². The highest BCUT2D eigenvalue weighted by molar-refractivity contribution is 5.90. The number of rotatable bonds is 8. The van der Waals surface area contributed by atoms with Crippen LogP contribution in [0.4, 0.5) is 42.1 Å². The highest BCUT2D eigenvalue weighted by Crippen LogP contribution is 2.61. The number of hydrogen-bond donors (Lipinski definition) is 0. The summed E-state index contributed by atoms with van der Waals surface area (Å²) >= 11 is 0. The third-order valence-electron chi connectivity index (χ3n) is 7.04. The van der Waals surface area contributed by atoms with E-state index in [4.69, 9.17) is 0 Å². The summed E-state index contributed by atoms with van der Waals surface area (Å²) in [5, 5.41) is 0. The van der Waals surface area contributed by atoms with E-state index in [0.717, 1.165) is 17.5 Å². The minimum atomic E-state index is -5.98. The van der Waals surface area contributed by atoms with Crippen molar-refractivity contribution >= 4 is 17.7 Å². The molecule has 0 bridgehead atoms. The molecule has 0 heterocycles. The van der Waals surface area contributed by atoms with Gasteiger partial charge in [0.05, 0.1) is 11.4 Å². The molecule has 0 N–H and O–H groups in total. The summed E-state index contributed by atoms with van der Waals surface area (Å²) in [6, 6.07) is 10.2. The number of halogens is 7. The van der Waals surface area contributed by atoms with Gasteiger partial charge in [0.2, 0.25) is 5.83 Å². The SMILES string of the molecule is CC(C)c1cccc(C(C)C)c1N=CN(C1=C(F)C(F)(F)C(F)(F)C1(F)F)c1c(C(C)C)cccc1C(C)C. The fourth-order valence-corrected chi connectivity index (χ4v) is 4.82. The number of hydrogen-bond acceptors (Lipinski definition) is 1. The molecule has 0 unspecified atom stereocenters. The zero-order valence-electron chi connectivity index (χ0n) is 23.4. The Morgan fingerprint density at radius 1 is 0.641 bits per heavy atom. The number of aliphatic imine (C=N–C) groups is 1. The number of para-hydroxylation sites is 2. The smallest absolute Gasteiger partial charge is 0.296 e. The molecule has 0 saturated heterocycles. The molecule has 214 valence electrons. The van der Waals surface area contributed by atoms with Crippen molar-refractivity contribution in [3.8, 4) is 0 Å². The Morgan fingerprint density at radius 3 is 1.36 bits per heavy atom. The molecule has 0 radical (unpaired) electrons. The van der Waals surface area contributed by atoms with Gasteiger partial charge in [0.15, 0.2) is 0 Å². The minimum absolute atomic E-state index is 0.0592. The first-order valence-corrected chi connectivity index (χ1v) is 13.0. The Balaban J connectivity index is 2.47. The van der Waals surface area contributed by atoms with E-state index in [-0.39, 0.29) is 29.4 Å². The van der Waals surface area contributed by atoms with Crippen LogP contribution >= 0.6 is 0 Å². The Kier molecular flexibility index (Phi) is 8.36. The summed E-state index contributed by atoms with van der Waals surface area (Å²) in [7, 11) is 0.